The van der Waals surface area contributed by atoms with E-state index in [1.807, 2.05) is 7.05 Å². The van der Waals surface area contributed by atoms with Crippen molar-refractivity contribution in [2.24, 2.45) is 5.92 Å². The molecule has 1 unspecified atom stereocenters. The Balaban J connectivity index is 2.25. The first-order valence-electron chi connectivity index (χ1n) is 6.48. The third-order valence-electron chi connectivity index (χ3n) is 3.27. The first-order chi connectivity index (χ1) is 7.67. The Morgan fingerprint density at radius 2 is 1.94 bits per heavy atom. The maximum absolute atomic E-state index is 8.88. The number of nitrogens with zero attached hydrogens (tertiary/aromatic N) is 2. The number of hydrogen-bond acceptors (Lipinski definition) is 3. The lowest BCUT2D eigenvalue weighted by Crippen LogP contribution is -2.34. The van der Waals surface area contributed by atoms with Gasteiger partial charge in [-0.05, 0) is 45.2 Å². The highest BCUT2D eigenvalue weighted by Crippen LogP contribution is 2.27. The van der Waals surface area contributed by atoms with Gasteiger partial charge in [0.25, 0.3) is 0 Å². The van der Waals surface area contributed by atoms with Crippen molar-refractivity contribution >= 4 is 0 Å². The molecule has 3 nitrogen and oxygen atoms in total. The van der Waals surface area contributed by atoms with Gasteiger partial charge in [-0.15, -0.1) is 0 Å². The fourth-order valence-corrected chi connectivity index (χ4v) is 1.91. The van der Waals surface area contributed by atoms with Crippen molar-refractivity contribution in [3.05, 3.63) is 0 Å². The van der Waals surface area contributed by atoms with E-state index < -0.39 is 0 Å². The molecule has 0 saturated heterocycles. The smallest absolute Gasteiger partial charge is 0.0962 e. The van der Waals surface area contributed by atoms with E-state index in [4.69, 9.17) is 5.26 Å². The second-order valence-electron chi connectivity index (χ2n) is 5.21. The lowest BCUT2D eigenvalue weighted by Gasteiger charge is -2.23. The van der Waals surface area contributed by atoms with Crippen LogP contribution >= 0.6 is 0 Å². The van der Waals surface area contributed by atoms with Crippen LogP contribution in [0.5, 0.6) is 0 Å². The normalized spacial score (nSPS) is 17.8. The van der Waals surface area contributed by atoms with Crippen LogP contribution in [0, 0.1) is 17.2 Å². The summed E-state index contributed by atoms with van der Waals surface area (Å²) in [6.07, 6.45) is 4.93. The van der Waals surface area contributed by atoms with E-state index in [1.165, 1.54) is 25.8 Å². The van der Waals surface area contributed by atoms with Gasteiger partial charge in [-0.25, -0.2) is 0 Å². The standard InChI is InChI=1S/C13H25N3/c1-11(2)6-8-16(13-4-5-13)9-7-12(10-14)15-3/h11-13,15H,4-9H2,1-3H3. The SMILES string of the molecule is CNC(C#N)CCN(CCC(C)C)C1CC1. The fraction of sp³-hybridized carbons (Fsp3) is 0.923. The molecule has 1 N–H and O–H groups in total. The second-order valence-corrected chi connectivity index (χ2v) is 5.21. The zero-order valence-corrected chi connectivity index (χ0v) is 10.9. The zero-order valence-electron chi connectivity index (χ0n) is 10.9. The molecular weight excluding hydrogens is 198 g/mol. The molecule has 0 aromatic carbocycles. The van der Waals surface area contributed by atoms with Crippen LogP contribution in [-0.4, -0.2) is 37.1 Å². The molecule has 1 aliphatic rings. The molecule has 1 rings (SSSR count). The van der Waals surface area contributed by atoms with Crippen molar-refractivity contribution in [2.75, 3.05) is 20.1 Å². The van der Waals surface area contributed by atoms with E-state index in [0.717, 1.165) is 24.9 Å². The first-order valence-corrected chi connectivity index (χ1v) is 6.48. The molecule has 0 spiro atoms. The maximum Gasteiger partial charge on any atom is 0.0962 e. The molecule has 0 aromatic heterocycles. The number of rotatable bonds is 8. The summed E-state index contributed by atoms with van der Waals surface area (Å²) in [4.78, 5) is 2.57. The monoisotopic (exact) mass is 223 g/mol. The third kappa shape index (κ3) is 4.96. The van der Waals surface area contributed by atoms with Crippen LogP contribution in [0.4, 0.5) is 0 Å². The summed E-state index contributed by atoms with van der Waals surface area (Å²) in [6, 6.07) is 3.12. The van der Waals surface area contributed by atoms with E-state index in [1.54, 1.807) is 0 Å². The minimum Gasteiger partial charge on any atom is -0.305 e. The second kappa shape index (κ2) is 6.88. The molecule has 0 heterocycles. The summed E-state index contributed by atoms with van der Waals surface area (Å²) in [5.74, 6) is 0.775. The molecule has 0 amide bonds. The summed E-state index contributed by atoms with van der Waals surface area (Å²) < 4.78 is 0. The van der Waals surface area contributed by atoms with Crippen LogP contribution in [0.3, 0.4) is 0 Å². The van der Waals surface area contributed by atoms with E-state index in [2.05, 4.69) is 30.1 Å². The van der Waals surface area contributed by atoms with E-state index in [-0.39, 0.29) is 6.04 Å². The van der Waals surface area contributed by atoms with Crippen LogP contribution in [0.25, 0.3) is 0 Å². The van der Waals surface area contributed by atoms with Gasteiger partial charge in [-0.1, -0.05) is 13.8 Å². The van der Waals surface area contributed by atoms with Crippen molar-refractivity contribution < 1.29 is 0 Å². The van der Waals surface area contributed by atoms with Gasteiger partial charge in [0, 0.05) is 12.6 Å². The molecule has 1 fully saturated rings. The summed E-state index contributed by atoms with van der Waals surface area (Å²) in [6.45, 7) is 6.81. The largest absolute Gasteiger partial charge is 0.305 e. The molecule has 1 saturated carbocycles. The van der Waals surface area contributed by atoms with E-state index in [0.29, 0.717) is 0 Å². The zero-order chi connectivity index (χ0) is 12.0. The minimum absolute atomic E-state index is 0.0142. The topological polar surface area (TPSA) is 39.1 Å². The molecule has 0 radical (unpaired) electrons. The van der Waals surface area contributed by atoms with E-state index >= 15 is 0 Å². The quantitative estimate of drug-likeness (QED) is 0.684. The van der Waals surface area contributed by atoms with Crippen LogP contribution in [0.2, 0.25) is 0 Å². The molecule has 16 heavy (non-hydrogen) atoms. The van der Waals surface area contributed by atoms with Gasteiger partial charge in [-0.2, -0.15) is 5.26 Å². The van der Waals surface area contributed by atoms with Crippen molar-refractivity contribution in [3.63, 3.8) is 0 Å². The Bertz CT molecular complexity index is 228. The minimum atomic E-state index is 0.0142. The van der Waals surface area contributed by atoms with Crippen molar-refractivity contribution in [2.45, 2.75) is 51.6 Å². The molecule has 1 atom stereocenters. The Hall–Kier alpha value is -0.590. The van der Waals surface area contributed by atoms with Gasteiger partial charge in [0.15, 0.2) is 0 Å². The molecular formula is C13H25N3. The van der Waals surface area contributed by atoms with E-state index in [9.17, 15) is 0 Å². The first kappa shape index (κ1) is 13.5. The van der Waals surface area contributed by atoms with Crippen LogP contribution in [-0.2, 0) is 0 Å². The Labute approximate surface area is 99.8 Å². The highest BCUT2D eigenvalue weighted by Gasteiger charge is 2.28. The van der Waals surface area contributed by atoms with Crippen molar-refractivity contribution in [3.8, 4) is 6.07 Å². The lowest BCUT2D eigenvalue weighted by molar-refractivity contribution is 0.240. The van der Waals surface area contributed by atoms with Crippen LogP contribution in [0.1, 0.15) is 39.5 Å². The van der Waals surface area contributed by atoms with Crippen molar-refractivity contribution in [1.82, 2.24) is 10.2 Å². The van der Waals surface area contributed by atoms with Gasteiger partial charge in [0.1, 0.15) is 0 Å². The van der Waals surface area contributed by atoms with Gasteiger partial charge in [-0.3, -0.25) is 0 Å². The van der Waals surface area contributed by atoms with Gasteiger partial charge in [0.2, 0.25) is 0 Å². The molecule has 1 aliphatic carbocycles. The summed E-state index contributed by atoms with van der Waals surface area (Å²) in [5.41, 5.74) is 0. The van der Waals surface area contributed by atoms with Gasteiger partial charge < -0.3 is 10.2 Å². The lowest BCUT2D eigenvalue weighted by atomic mass is 10.1. The Kier molecular flexibility index (Phi) is 5.79. The average molecular weight is 223 g/mol. The number of nitrogens with one attached hydrogen (secondary N) is 1. The van der Waals surface area contributed by atoms with Gasteiger partial charge >= 0.3 is 0 Å². The third-order valence-corrected chi connectivity index (χ3v) is 3.27. The van der Waals surface area contributed by atoms with Crippen LogP contribution < -0.4 is 5.32 Å². The summed E-state index contributed by atoms with van der Waals surface area (Å²) in [5, 5.41) is 11.9. The molecule has 0 aromatic rings. The maximum atomic E-state index is 8.88. The molecule has 0 bridgehead atoms. The molecule has 3 heteroatoms. The fourth-order valence-electron chi connectivity index (χ4n) is 1.91. The highest BCUT2D eigenvalue weighted by molar-refractivity contribution is 4.91. The highest BCUT2D eigenvalue weighted by atomic mass is 15.2. The Morgan fingerprint density at radius 3 is 2.38 bits per heavy atom. The number of hydrogen-bond donors (Lipinski definition) is 1. The molecule has 0 aliphatic heterocycles. The summed E-state index contributed by atoms with van der Waals surface area (Å²) >= 11 is 0. The predicted molar refractivity (Wildman–Crippen MR) is 67.1 cm³/mol. The predicted octanol–water partition coefficient (Wildman–Crippen LogP) is 2.00. The molecule has 92 valence electrons. The number of nitriles is 1. The van der Waals surface area contributed by atoms with Gasteiger partial charge in [0.05, 0.1) is 12.1 Å². The Morgan fingerprint density at radius 1 is 1.31 bits per heavy atom. The van der Waals surface area contributed by atoms with Crippen LogP contribution in [0.15, 0.2) is 0 Å². The average Bonchev–Trinajstić information content (AvgIpc) is 3.07. The summed E-state index contributed by atoms with van der Waals surface area (Å²) in [7, 11) is 1.86. The van der Waals surface area contributed by atoms with Crippen molar-refractivity contribution in [1.29, 1.82) is 5.26 Å².